The molecule has 0 bridgehead atoms. The van der Waals surface area contributed by atoms with Gasteiger partial charge < -0.3 is 4.84 Å². The van der Waals surface area contributed by atoms with Crippen LogP contribution in [-0.2, 0) is 4.84 Å². The van der Waals surface area contributed by atoms with Crippen LogP contribution in [0.5, 0.6) is 0 Å². The first-order chi connectivity index (χ1) is 4.93. The van der Waals surface area contributed by atoms with Gasteiger partial charge in [0, 0.05) is 5.56 Å². The molecule has 0 atom stereocenters. The Labute approximate surface area is 60.1 Å². The highest BCUT2D eigenvalue weighted by molar-refractivity contribution is 5.78. The van der Waals surface area contributed by atoms with Crippen molar-refractivity contribution in [3.05, 3.63) is 35.9 Å². The monoisotopic (exact) mass is 134 g/mol. The number of nitrogens with zero attached hydrogens (tertiary/aromatic N) is 1. The first-order valence-corrected chi connectivity index (χ1v) is 2.97. The lowest BCUT2D eigenvalue weighted by atomic mass is 10.2. The van der Waals surface area contributed by atoms with E-state index in [1.807, 2.05) is 24.3 Å². The first-order valence-electron chi connectivity index (χ1n) is 2.97. The van der Waals surface area contributed by atoms with Gasteiger partial charge in [-0.05, 0) is 6.07 Å². The lowest BCUT2D eigenvalue weighted by Crippen LogP contribution is -1.79. The summed E-state index contributed by atoms with van der Waals surface area (Å²) in [6.07, 6.45) is 1.61. The van der Waals surface area contributed by atoms with E-state index >= 15 is 0 Å². The Morgan fingerprint density at radius 1 is 1.60 bits per heavy atom. The van der Waals surface area contributed by atoms with Crippen molar-refractivity contribution >= 4 is 6.21 Å². The van der Waals surface area contributed by atoms with Gasteiger partial charge in [-0.2, -0.15) is 0 Å². The van der Waals surface area contributed by atoms with Crippen molar-refractivity contribution in [3.8, 4) is 0 Å². The molecule has 1 aromatic rings. The second-order valence-corrected chi connectivity index (χ2v) is 1.73. The third-order valence-electron chi connectivity index (χ3n) is 1.03. The molecule has 0 saturated carbocycles. The second-order valence-electron chi connectivity index (χ2n) is 1.73. The Morgan fingerprint density at radius 2 is 2.50 bits per heavy atom. The average molecular weight is 134 g/mol. The smallest absolute Gasteiger partial charge is 0.106 e. The molecular formula is C8H8NO. The van der Waals surface area contributed by atoms with Gasteiger partial charge in [0.2, 0.25) is 0 Å². The standard InChI is InChI=1S/C8H8NO/c1-10-9-7-8-5-3-2-4-6-8/h2-5,7H,1H3. The van der Waals surface area contributed by atoms with Crippen LogP contribution in [0.15, 0.2) is 29.4 Å². The maximum atomic E-state index is 4.50. The van der Waals surface area contributed by atoms with Crippen LogP contribution in [0.25, 0.3) is 0 Å². The van der Waals surface area contributed by atoms with Crippen LogP contribution < -0.4 is 0 Å². The second kappa shape index (κ2) is 3.67. The Bertz CT molecular complexity index is 206. The van der Waals surface area contributed by atoms with Gasteiger partial charge in [-0.25, -0.2) is 0 Å². The Kier molecular flexibility index (Phi) is 2.49. The van der Waals surface area contributed by atoms with Gasteiger partial charge in [-0.1, -0.05) is 29.4 Å². The highest BCUT2D eigenvalue weighted by Gasteiger charge is 1.81. The van der Waals surface area contributed by atoms with E-state index in [-0.39, 0.29) is 0 Å². The first kappa shape index (κ1) is 6.81. The molecule has 1 radical (unpaired) electrons. The summed E-state index contributed by atoms with van der Waals surface area (Å²) in [6, 6.07) is 10.5. The van der Waals surface area contributed by atoms with Gasteiger partial charge in [-0.3, -0.25) is 0 Å². The summed E-state index contributed by atoms with van der Waals surface area (Å²) in [5.41, 5.74) is 0.921. The predicted molar refractivity (Wildman–Crippen MR) is 39.9 cm³/mol. The largest absolute Gasteiger partial charge is 0.399 e. The molecule has 0 aliphatic rings. The number of rotatable bonds is 2. The van der Waals surface area contributed by atoms with Gasteiger partial charge in [0.05, 0.1) is 6.21 Å². The highest BCUT2D eigenvalue weighted by atomic mass is 16.6. The minimum Gasteiger partial charge on any atom is -0.399 e. The van der Waals surface area contributed by atoms with Gasteiger partial charge in [-0.15, -0.1) is 0 Å². The highest BCUT2D eigenvalue weighted by Crippen LogP contribution is 1.92. The summed E-state index contributed by atoms with van der Waals surface area (Å²) < 4.78 is 0. The summed E-state index contributed by atoms with van der Waals surface area (Å²) in [5.74, 6) is 0. The lowest BCUT2D eigenvalue weighted by Gasteiger charge is -1.87. The zero-order valence-corrected chi connectivity index (χ0v) is 5.74. The van der Waals surface area contributed by atoms with Gasteiger partial charge >= 0.3 is 0 Å². The molecule has 0 amide bonds. The molecule has 1 aromatic carbocycles. The third-order valence-corrected chi connectivity index (χ3v) is 1.03. The summed E-state index contributed by atoms with van der Waals surface area (Å²) in [7, 11) is 1.51. The van der Waals surface area contributed by atoms with Crippen LogP contribution in [0.4, 0.5) is 0 Å². The van der Waals surface area contributed by atoms with Crippen LogP contribution in [0.1, 0.15) is 5.56 Å². The molecule has 2 heteroatoms. The Hall–Kier alpha value is -1.31. The van der Waals surface area contributed by atoms with Crippen molar-refractivity contribution in [1.29, 1.82) is 0 Å². The molecule has 2 nitrogen and oxygen atoms in total. The molecule has 0 saturated heterocycles. The quantitative estimate of drug-likeness (QED) is 0.443. The minimum atomic E-state index is 0.921. The maximum absolute atomic E-state index is 4.50. The predicted octanol–water partition coefficient (Wildman–Crippen LogP) is 1.47. The van der Waals surface area contributed by atoms with E-state index in [4.69, 9.17) is 0 Å². The van der Waals surface area contributed by atoms with E-state index in [1.54, 1.807) is 6.21 Å². The molecule has 0 fully saturated rings. The van der Waals surface area contributed by atoms with E-state index in [9.17, 15) is 0 Å². The van der Waals surface area contributed by atoms with Crippen molar-refractivity contribution in [2.45, 2.75) is 0 Å². The molecule has 0 aliphatic heterocycles. The van der Waals surface area contributed by atoms with E-state index in [1.165, 1.54) is 7.11 Å². The van der Waals surface area contributed by atoms with Crippen molar-refractivity contribution in [2.24, 2.45) is 5.16 Å². The Morgan fingerprint density at radius 3 is 3.10 bits per heavy atom. The van der Waals surface area contributed by atoms with Crippen molar-refractivity contribution in [1.82, 2.24) is 0 Å². The molecule has 0 spiro atoms. The van der Waals surface area contributed by atoms with Crippen LogP contribution in [0.3, 0.4) is 0 Å². The fraction of sp³-hybridized carbons (Fsp3) is 0.125. The fourth-order valence-electron chi connectivity index (χ4n) is 0.597. The van der Waals surface area contributed by atoms with Crippen LogP contribution >= 0.6 is 0 Å². The van der Waals surface area contributed by atoms with E-state index < -0.39 is 0 Å². The average Bonchev–Trinajstić information content (AvgIpc) is 2.03. The molecule has 1 rings (SSSR count). The molecule has 51 valence electrons. The van der Waals surface area contributed by atoms with Crippen LogP contribution in [-0.4, -0.2) is 13.3 Å². The molecule has 0 aliphatic carbocycles. The van der Waals surface area contributed by atoms with E-state index in [0.29, 0.717) is 0 Å². The third kappa shape index (κ3) is 1.90. The zero-order valence-electron chi connectivity index (χ0n) is 5.74. The molecule has 0 heterocycles. The summed E-state index contributed by atoms with van der Waals surface area (Å²) in [4.78, 5) is 4.50. The maximum Gasteiger partial charge on any atom is 0.106 e. The minimum absolute atomic E-state index is 0.921. The number of hydrogen-bond acceptors (Lipinski definition) is 2. The fourth-order valence-corrected chi connectivity index (χ4v) is 0.597. The van der Waals surface area contributed by atoms with E-state index in [2.05, 4.69) is 16.1 Å². The summed E-state index contributed by atoms with van der Waals surface area (Å²) in [5, 5.41) is 3.59. The van der Waals surface area contributed by atoms with Crippen molar-refractivity contribution in [3.63, 3.8) is 0 Å². The van der Waals surface area contributed by atoms with Gasteiger partial charge in [0.1, 0.15) is 7.11 Å². The van der Waals surface area contributed by atoms with Crippen LogP contribution in [0, 0.1) is 6.07 Å². The van der Waals surface area contributed by atoms with Crippen molar-refractivity contribution in [2.75, 3.05) is 7.11 Å². The number of hydrogen-bond donors (Lipinski definition) is 0. The zero-order chi connectivity index (χ0) is 7.23. The SMILES string of the molecule is CON=Cc1[c]cccc1. The number of oxime groups is 1. The normalized spacial score (nSPS) is 10.1. The Balaban J connectivity index is 2.67. The van der Waals surface area contributed by atoms with E-state index in [0.717, 1.165) is 5.56 Å². The van der Waals surface area contributed by atoms with Crippen molar-refractivity contribution < 1.29 is 4.84 Å². The molecule has 10 heavy (non-hydrogen) atoms. The van der Waals surface area contributed by atoms with Gasteiger partial charge in [0.15, 0.2) is 0 Å². The summed E-state index contributed by atoms with van der Waals surface area (Å²) in [6.45, 7) is 0. The molecular weight excluding hydrogens is 126 g/mol. The molecule has 0 N–H and O–H groups in total. The summed E-state index contributed by atoms with van der Waals surface area (Å²) >= 11 is 0. The topological polar surface area (TPSA) is 21.6 Å². The molecule has 0 unspecified atom stereocenters. The van der Waals surface area contributed by atoms with Crippen LogP contribution in [0.2, 0.25) is 0 Å². The van der Waals surface area contributed by atoms with Gasteiger partial charge in [0.25, 0.3) is 0 Å². The lowest BCUT2D eigenvalue weighted by molar-refractivity contribution is 0.215. The molecule has 0 aromatic heterocycles. The number of benzene rings is 1.